The molecule has 0 aromatic heterocycles. The number of benzene rings is 1. The number of amides is 1. The van der Waals surface area contributed by atoms with Crippen molar-refractivity contribution < 1.29 is 13.2 Å². The third kappa shape index (κ3) is 5.62. The van der Waals surface area contributed by atoms with E-state index >= 15 is 0 Å². The van der Waals surface area contributed by atoms with Crippen molar-refractivity contribution in [1.29, 1.82) is 0 Å². The summed E-state index contributed by atoms with van der Waals surface area (Å²) in [5.41, 5.74) is 6.03. The minimum Gasteiger partial charge on any atom is -0.317 e. The molecule has 1 rings (SSSR count). The van der Waals surface area contributed by atoms with E-state index in [0.29, 0.717) is 12.8 Å². The predicted molar refractivity (Wildman–Crippen MR) is 92.3 cm³/mol. The normalized spacial score (nSPS) is 12.7. The Morgan fingerprint density at radius 3 is 1.91 bits per heavy atom. The van der Waals surface area contributed by atoms with Gasteiger partial charge in [0.1, 0.15) is 0 Å². The van der Waals surface area contributed by atoms with Gasteiger partial charge in [0, 0.05) is 0 Å². The molecule has 6 heteroatoms. The zero-order chi connectivity index (χ0) is 17.8. The van der Waals surface area contributed by atoms with E-state index < -0.39 is 21.5 Å². The highest BCUT2D eigenvalue weighted by atomic mass is 32.2. The van der Waals surface area contributed by atoms with Gasteiger partial charge in [0.05, 0.1) is 10.4 Å². The van der Waals surface area contributed by atoms with Gasteiger partial charge >= 0.3 is 0 Å². The van der Waals surface area contributed by atoms with Crippen molar-refractivity contribution >= 4 is 15.9 Å². The monoisotopic (exact) mass is 340 g/mol. The largest absolute Gasteiger partial charge is 0.317 e. The van der Waals surface area contributed by atoms with Gasteiger partial charge in [-0.3, -0.25) is 4.79 Å². The quantitative estimate of drug-likeness (QED) is 0.798. The van der Waals surface area contributed by atoms with Crippen molar-refractivity contribution in [3.05, 3.63) is 29.8 Å². The number of carbonyl (C=O) groups is 1. The maximum atomic E-state index is 12.6. The Morgan fingerprint density at radius 2 is 1.52 bits per heavy atom. The van der Waals surface area contributed by atoms with E-state index in [1.165, 1.54) is 12.1 Å². The van der Waals surface area contributed by atoms with Crippen LogP contribution < -0.4 is 10.5 Å². The lowest BCUT2D eigenvalue weighted by Gasteiger charge is -2.31. The number of rotatable bonds is 7. The molecule has 0 fully saturated rings. The molecule has 1 amide bonds. The fourth-order valence-corrected chi connectivity index (χ4v) is 3.79. The molecule has 0 aliphatic rings. The summed E-state index contributed by atoms with van der Waals surface area (Å²) >= 11 is 0. The number of nitrogens with two attached hydrogens (primary N) is 1. The third-order valence-corrected chi connectivity index (χ3v) is 4.90. The van der Waals surface area contributed by atoms with Crippen molar-refractivity contribution in [1.82, 2.24) is 4.72 Å². The summed E-state index contributed by atoms with van der Waals surface area (Å²) in [7, 11) is -3.91. The standard InChI is InChI=1S/C17H28N2O3S/c1-12(2)10-17(18,11-13(3)4)16(20)19-23(21,22)15-8-6-14(5)7-9-15/h6-9,12-13H,10-11,18H2,1-5H3,(H,19,20). The topological polar surface area (TPSA) is 89.3 Å². The van der Waals surface area contributed by atoms with Crippen LogP contribution >= 0.6 is 0 Å². The number of nitrogens with one attached hydrogen (secondary N) is 1. The lowest BCUT2D eigenvalue weighted by Crippen LogP contribution is -2.56. The zero-order valence-electron chi connectivity index (χ0n) is 14.6. The number of hydrogen-bond acceptors (Lipinski definition) is 4. The molecule has 5 nitrogen and oxygen atoms in total. The summed E-state index contributed by atoms with van der Waals surface area (Å²) in [6.45, 7) is 9.71. The van der Waals surface area contributed by atoms with Crippen LogP contribution in [0, 0.1) is 18.8 Å². The van der Waals surface area contributed by atoms with Gasteiger partial charge in [-0.1, -0.05) is 45.4 Å². The van der Waals surface area contributed by atoms with Crippen LogP contribution in [-0.4, -0.2) is 19.9 Å². The van der Waals surface area contributed by atoms with E-state index in [2.05, 4.69) is 4.72 Å². The molecule has 0 spiro atoms. The van der Waals surface area contributed by atoms with Crippen LogP contribution in [0.25, 0.3) is 0 Å². The molecule has 1 aromatic carbocycles. The molecule has 0 aliphatic carbocycles. The molecule has 0 radical (unpaired) electrons. The number of carbonyl (C=O) groups excluding carboxylic acids is 1. The molecule has 0 saturated heterocycles. The Kier molecular flexibility index (Phi) is 6.36. The summed E-state index contributed by atoms with van der Waals surface area (Å²) < 4.78 is 26.9. The lowest BCUT2D eigenvalue weighted by molar-refractivity contribution is -0.125. The second-order valence-corrected chi connectivity index (χ2v) is 8.78. The van der Waals surface area contributed by atoms with Crippen molar-refractivity contribution in [2.45, 2.75) is 57.9 Å². The van der Waals surface area contributed by atoms with E-state index in [4.69, 9.17) is 5.73 Å². The first-order valence-electron chi connectivity index (χ1n) is 7.89. The van der Waals surface area contributed by atoms with Gasteiger partial charge < -0.3 is 5.73 Å². The van der Waals surface area contributed by atoms with Gasteiger partial charge in [-0.25, -0.2) is 13.1 Å². The SMILES string of the molecule is Cc1ccc(S(=O)(=O)NC(=O)C(N)(CC(C)C)CC(C)C)cc1. The van der Waals surface area contributed by atoms with Crippen molar-refractivity contribution in [3.8, 4) is 0 Å². The maximum Gasteiger partial charge on any atom is 0.264 e. The minimum absolute atomic E-state index is 0.0629. The molecule has 0 aliphatic heterocycles. The van der Waals surface area contributed by atoms with Crippen molar-refractivity contribution in [2.24, 2.45) is 17.6 Å². The summed E-state index contributed by atoms with van der Waals surface area (Å²) in [5, 5.41) is 0. The van der Waals surface area contributed by atoms with E-state index in [1.807, 2.05) is 34.6 Å². The summed E-state index contributed by atoms with van der Waals surface area (Å²) in [6.07, 6.45) is 0.862. The van der Waals surface area contributed by atoms with Gasteiger partial charge in [-0.15, -0.1) is 0 Å². The summed E-state index contributed by atoms with van der Waals surface area (Å²) in [6, 6.07) is 6.34. The third-order valence-electron chi connectivity index (χ3n) is 3.56. The summed E-state index contributed by atoms with van der Waals surface area (Å²) in [5.74, 6) is -0.265. The number of aryl methyl sites for hydroxylation is 1. The zero-order valence-corrected chi connectivity index (χ0v) is 15.4. The average Bonchev–Trinajstić information content (AvgIpc) is 2.36. The molecule has 1 aromatic rings. The molecule has 0 saturated carbocycles. The molecule has 130 valence electrons. The molecule has 0 unspecified atom stereocenters. The van der Waals surface area contributed by atoms with Crippen LogP contribution in [-0.2, 0) is 14.8 Å². The smallest absolute Gasteiger partial charge is 0.264 e. The van der Waals surface area contributed by atoms with E-state index in [1.54, 1.807) is 12.1 Å². The molecular weight excluding hydrogens is 312 g/mol. The van der Waals surface area contributed by atoms with Crippen LogP contribution in [0.1, 0.15) is 46.1 Å². The average molecular weight is 340 g/mol. The highest BCUT2D eigenvalue weighted by molar-refractivity contribution is 7.90. The van der Waals surface area contributed by atoms with Crippen molar-refractivity contribution in [3.63, 3.8) is 0 Å². The van der Waals surface area contributed by atoms with Crippen LogP contribution in [0.2, 0.25) is 0 Å². The molecule has 0 bridgehead atoms. The molecule has 23 heavy (non-hydrogen) atoms. The molecular formula is C17H28N2O3S. The van der Waals surface area contributed by atoms with Gasteiger partial charge in [-0.2, -0.15) is 0 Å². The van der Waals surface area contributed by atoms with Crippen molar-refractivity contribution in [2.75, 3.05) is 0 Å². The molecule has 3 N–H and O–H groups in total. The first kappa shape index (κ1) is 19.6. The number of hydrogen-bond donors (Lipinski definition) is 2. The van der Waals surface area contributed by atoms with Gasteiger partial charge in [0.15, 0.2) is 0 Å². The first-order chi connectivity index (χ1) is 10.5. The van der Waals surface area contributed by atoms with E-state index in [0.717, 1.165) is 5.56 Å². The molecule has 0 heterocycles. The summed E-state index contributed by atoms with van der Waals surface area (Å²) in [4.78, 5) is 12.6. The van der Waals surface area contributed by atoms with Crippen LogP contribution in [0.5, 0.6) is 0 Å². The van der Waals surface area contributed by atoms with E-state index in [-0.39, 0.29) is 16.7 Å². The molecule has 0 atom stereocenters. The Hall–Kier alpha value is -1.40. The Balaban J connectivity index is 3.03. The highest BCUT2D eigenvalue weighted by Gasteiger charge is 2.37. The highest BCUT2D eigenvalue weighted by Crippen LogP contribution is 2.23. The minimum atomic E-state index is -3.91. The Morgan fingerprint density at radius 1 is 1.09 bits per heavy atom. The maximum absolute atomic E-state index is 12.6. The van der Waals surface area contributed by atoms with Gasteiger partial charge in [0.2, 0.25) is 0 Å². The number of sulfonamides is 1. The second kappa shape index (κ2) is 7.45. The van der Waals surface area contributed by atoms with Crippen LogP contribution in [0.3, 0.4) is 0 Å². The van der Waals surface area contributed by atoms with Gasteiger partial charge in [0.25, 0.3) is 15.9 Å². The fourth-order valence-electron chi connectivity index (χ4n) is 2.73. The van der Waals surface area contributed by atoms with Crippen LogP contribution in [0.4, 0.5) is 0 Å². The van der Waals surface area contributed by atoms with Gasteiger partial charge in [-0.05, 0) is 43.7 Å². The first-order valence-corrected chi connectivity index (χ1v) is 9.37. The van der Waals surface area contributed by atoms with Crippen LogP contribution in [0.15, 0.2) is 29.2 Å². The Labute approximate surface area is 139 Å². The lowest BCUT2D eigenvalue weighted by atomic mass is 9.82. The second-order valence-electron chi connectivity index (χ2n) is 7.10. The van der Waals surface area contributed by atoms with E-state index in [9.17, 15) is 13.2 Å². The predicted octanol–water partition coefficient (Wildman–Crippen LogP) is 2.59. The fraction of sp³-hybridized carbons (Fsp3) is 0.588. The Bertz CT molecular complexity index is 624.